The average molecular weight is 311 g/mol. The van der Waals surface area contributed by atoms with Crippen molar-refractivity contribution in [1.82, 2.24) is 10.3 Å². The Balaban J connectivity index is 2.15. The number of aromatic nitrogens is 1. The van der Waals surface area contributed by atoms with Crippen molar-refractivity contribution in [2.45, 2.75) is 6.92 Å². The summed E-state index contributed by atoms with van der Waals surface area (Å²) in [5.41, 5.74) is 2.66. The summed E-state index contributed by atoms with van der Waals surface area (Å²) in [6.07, 6.45) is 3.61. The van der Waals surface area contributed by atoms with E-state index in [1.807, 2.05) is 55.6 Å². The Kier molecular flexibility index (Phi) is 4.07. The molecular formula is C18H15ClN2O. The summed E-state index contributed by atoms with van der Waals surface area (Å²) in [5.74, 6) is -0.0664. The number of amides is 1. The highest BCUT2D eigenvalue weighted by atomic mass is 35.5. The molecule has 2 aromatic carbocycles. The van der Waals surface area contributed by atoms with Gasteiger partial charge in [0, 0.05) is 40.5 Å². The van der Waals surface area contributed by atoms with Crippen molar-refractivity contribution in [2.24, 2.45) is 0 Å². The first-order valence-corrected chi connectivity index (χ1v) is 7.48. The van der Waals surface area contributed by atoms with Gasteiger partial charge in [-0.25, -0.2) is 0 Å². The van der Waals surface area contributed by atoms with Crippen molar-refractivity contribution in [2.75, 3.05) is 6.54 Å². The predicted octanol–water partition coefficient (Wildman–Crippen LogP) is 4.30. The van der Waals surface area contributed by atoms with Crippen LogP contribution in [0.5, 0.6) is 0 Å². The van der Waals surface area contributed by atoms with E-state index in [9.17, 15) is 4.79 Å². The molecule has 4 heteroatoms. The lowest BCUT2D eigenvalue weighted by molar-refractivity contribution is 0.0956. The topological polar surface area (TPSA) is 42.0 Å². The summed E-state index contributed by atoms with van der Waals surface area (Å²) >= 11 is 5.95. The van der Waals surface area contributed by atoms with Gasteiger partial charge >= 0.3 is 0 Å². The number of nitrogens with one attached hydrogen (secondary N) is 1. The largest absolute Gasteiger partial charge is 0.352 e. The molecule has 0 atom stereocenters. The van der Waals surface area contributed by atoms with Crippen molar-refractivity contribution < 1.29 is 4.79 Å². The summed E-state index contributed by atoms with van der Waals surface area (Å²) in [4.78, 5) is 16.3. The standard InChI is InChI=1S/C18H15ClN2O/c1-2-21-18(22)13-3-4-14-10-20-11-17(16(14)9-13)12-5-7-15(19)8-6-12/h3-11H,2H2,1H3,(H,21,22). The van der Waals surface area contributed by atoms with Crippen LogP contribution in [0.1, 0.15) is 17.3 Å². The van der Waals surface area contributed by atoms with Crippen molar-refractivity contribution in [3.05, 3.63) is 65.4 Å². The Bertz CT molecular complexity index is 828. The third-order valence-corrected chi connectivity index (χ3v) is 3.77. The molecular weight excluding hydrogens is 296 g/mol. The highest BCUT2D eigenvalue weighted by molar-refractivity contribution is 6.30. The lowest BCUT2D eigenvalue weighted by Crippen LogP contribution is -2.22. The van der Waals surface area contributed by atoms with E-state index < -0.39 is 0 Å². The first-order chi connectivity index (χ1) is 10.7. The molecule has 1 N–H and O–H groups in total. The Labute approximate surface area is 133 Å². The van der Waals surface area contributed by atoms with Crippen molar-refractivity contribution in [3.63, 3.8) is 0 Å². The normalized spacial score (nSPS) is 10.6. The van der Waals surface area contributed by atoms with Gasteiger partial charge in [0.25, 0.3) is 5.91 Å². The number of rotatable bonds is 3. The van der Waals surface area contributed by atoms with E-state index in [0.29, 0.717) is 17.1 Å². The van der Waals surface area contributed by atoms with Crippen molar-refractivity contribution in [1.29, 1.82) is 0 Å². The van der Waals surface area contributed by atoms with E-state index in [1.54, 1.807) is 6.20 Å². The minimum absolute atomic E-state index is 0.0664. The van der Waals surface area contributed by atoms with Gasteiger partial charge in [0.05, 0.1) is 0 Å². The molecule has 0 saturated carbocycles. The van der Waals surface area contributed by atoms with Gasteiger partial charge in [0.15, 0.2) is 0 Å². The Hall–Kier alpha value is -2.39. The molecule has 3 aromatic rings. The van der Waals surface area contributed by atoms with Crippen LogP contribution < -0.4 is 5.32 Å². The molecule has 0 radical (unpaired) electrons. The maximum atomic E-state index is 12.0. The van der Waals surface area contributed by atoms with Gasteiger partial charge in [-0.1, -0.05) is 29.8 Å². The number of hydrogen-bond donors (Lipinski definition) is 1. The monoisotopic (exact) mass is 310 g/mol. The molecule has 0 saturated heterocycles. The fourth-order valence-corrected chi connectivity index (χ4v) is 2.55. The third-order valence-electron chi connectivity index (χ3n) is 3.52. The number of fused-ring (bicyclic) bond motifs is 1. The molecule has 1 aromatic heterocycles. The summed E-state index contributed by atoms with van der Waals surface area (Å²) in [6.45, 7) is 2.51. The fraction of sp³-hybridized carbons (Fsp3) is 0.111. The summed E-state index contributed by atoms with van der Waals surface area (Å²) in [5, 5.41) is 5.52. The number of carbonyl (C=O) groups is 1. The van der Waals surface area contributed by atoms with Crippen LogP contribution in [0.15, 0.2) is 54.9 Å². The molecule has 0 aliphatic carbocycles. The Morgan fingerprint density at radius 3 is 2.64 bits per heavy atom. The molecule has 3 nitrogen and oxygen atoms in total. The first kappa shape index (κ1) is 14.5. The molecule has 22 heavy (non-hydrogen) atoms. The second kappa shape index (κ2) is 6.16. The summed E-state index contributed by atoms with van der Waals surface area (Å²) in [6, 6.07) is 13.3. The zero-order valence-electron chi connectivity index (χ0n) is 12.1. The van der Waals surface area contributed by atoms with E-state index in [-0.39, 0.29) is 5.91 Å². The molecule has 0 unspecified atom stereocenters. The Morgan fingerprint density at radius 1 is 1.14 bits per heavy atom. The molecule has 0 fully saturated rings. The summed E-state index contributed by atoms with van der Waals surface area (Å²) in [7, 11) is 0. The van der Waals surface area contributed by atoms with E-state index in [4.69, 9.17) is 11.6 Å². The van der Waals surface area contributed by atoms with Crippen LogP contribution in [0.4, 0.5) is 0 Å². The van der Waals surface area contributed by atoms with Crippen LogP contribution in [-0.4, -0.2) is 17.4 Å². The van der Waals surface area contributed by atoms with E-state index in [2.05, 4.69) is 10.3 Å². The van der Waals surface area contributed by atoms with Crippen LogP contribution in [-0.2, 0) is 0 Å². The summed E-state index contributed by atoms with van der Waals surface area (Å²) < 4.78 is 0. The lowest BCUT2D eigenvalue weighted by Gasteiger charge is -2.09. The first-order valence-electron chi connectivity index (χ1n) is 7.11. The van der Waals surface area contributed by atoms with Gasteiger partial charge < -0.3 is 5.32 Å². The molecule has 0 aliphatic heterocycles. The molecule has 1 amide bonds. The van der Waals surface area contributed by atoms with Crippen LogP contribution in [0.2, 0.25) is 5.02 Å². The quantitative estimate of drug-likeness (QED) is 0.783. The van der Waals surface area contributed by atoms with Crippen LogP contribution in [0, 0.1) is 0 Å². The molecule has 3 rings (SSSR count). The smallest absolute Gasteiger partial charge is 0.251 e. The number of pyridine rings is 1. The molecule has 0 bridgehead atoms. The van der Waals surface area contributed by atoms with E-state index >= 15 is 0 Å². The number of hydrogen-bond acceptors (Lipinski definition) is 2. The number of halogens is 1. The van der Waals surface area contributed by atoms with E-state index in [1.165, 1.54) is 0 Å². The molecule has 0 spiro atoms. The average Bonchev–Trinajstić information content (AvgIpc) is 2.55. The van der Waals surface area contributed by atoms with Gasteiger partial charge in [0.2, 0.25) is 0 Å². The number of benzene rings is 2. The molecule has 110 valence electrons. The highest BCUT2D eigenvalue weighted by Gasteiger charge is 2.09. The minimum Gasteiger partial charge on any atom is -0.352 e. The highest BCUT2D eigenvalue weighted by Crippen LogP contribution is 2.29. The third kappa shape index (κ3) is 2.81. The van der Waals surface area contributed by atoms with E-state index in [0.717, 1.165) is 21.9 Å². The predicted molar refractivity (Wildman–Crippen MR) is 90.2 cm³/mol. The second-order valence-corrected chi connectivity index (χ2v) is 5.43. The van der Waals surface area contributed by atoms with Gasteiger partial charge in [-0.3, -0.25) is 9.78 Å². The Morgan fingerprint density at radius 2 is 1.91 bits per heavy atom. The fourth-order valence-electron chi connectivity index (χ4n) is 2.43. The number of nitrogens with zero attached hydrogens (tertiary/aromatic N) is 1. The maximum Gasteiger partial charge on any atom is 0.251 e. The second-order valence-electron chi connectivity index (χ2n) is 4.99. The van der Waals surface area contributed by atoms with Crippen molar-refractivity contribution >= 4 is 28.3 Å². The van der Waals surface area contributed by atoms with Crippen LogP contribution >= 0.6 is 11.6 Å². The number of carbonyl (C=O) groups excluding carboxylic acids is 1. The minimum atomic E-state index is -0.0664. The van der Waals surface area contributed by atoms with Crippen LogP contribution in [0.3, 0.4) is 0 Å². The van der Waals surface area contributed by atoms with Gasteiger partial charge in [-0.05, 0) is 42.1 Å². The lowest BCUT2D eigenvalue weighted by atomic mass is 9.99. The van der Waals surface area contributed by atoms with Gasteiger partial charge in [-0.2, -0.15) is 0 Å². The maximum absolute atomic E-state index is 12.0. The SMILES string of the molecule is CCNC(=O)c1ccc2cncc(-c3ccc(Cl)cc3)c2c1. The zero-order valence-corrected chi connectivity index (χ0v) is 12.9. The zero-order chi connectivity index (χ0) is 15.5. The van der Waals surface area contributed by atoms with Crippen LogP contribution in [0.25, 0.3) is 21.9 Å². The molecule has 1 heterocycles. The molecule has 0 aliphatic rings. The van der Waals surface area contributed by atoms with Gasteiger partial charge in [-0.15, -0.1) is 0 Å². The van der Waals surface area contributed by atoms with Gasteiger partial charge in [0.1, 0.15) is 0 Å². The van der Waals surface area contributed by atoms with Crippen molar-refractivity contribution in [3.8, 4) is 11.1 Å².